The van der Waals surface area contributed by atoms with Gasteiger partial charge in [0, 0.05) is 23.2 Å². The van der Waals surface area contributed by atoms with Crippen LogP contribution in [0.1, 0.15) is 43.5 Å². The van der Waals surface area contributed by atoms with Crippen LogP contribution < -0.4 is 4.74 Å². The van der Waals surface area contributed by atoms with Gasteiger partial charge in [-0.1, -0.05) is 6.92 Å². The molecule has 1 saturated carbocycles. The number of fused-ring (bicyclic) bond motifs is 1. The number of hydrogen-bond donors (Lipinski definition) is 0. The summed E-state index contributed by atoms with van der Waals surface area (Å²) in [6.07, 6.45) is 3.67. The Morgan fingerprint density at radius 3 is 2.64 bits per heavy atom. The van der Waals surface area contributed by atoms with Gasteiger partial charge < -0.3 is 9.30 Å². The Morgan fingerprint density at radius 1 is 1.41 bits per heavy atom. The summed E-state index contributed by atoms with van der Waals surface area (Å²) >= 11 is 0. The zero-order valence-corrected chi connectivity index (χ0v) is 12.1. The van der Waals surface area contributed by atoms with Gasteiger partial charge in [-0.05, 0) is 31.7 Å². The van der Waals surface area contributed by atoms with Crippen molar-refractivity contribution in [1.82, 2.24) is 4.57 Å². The number of nitriles is 1. The topological polar surface area (TPSA) is 37.9 Å². The largest absolute Gasteiger partial charge is 0.432 e. The van der Waals surface area contributed by atoms with E-state index in [2.05, 4.69) is 10.8 Å². The maximum atomic E-state index is 14.0. The number of ether oxygens (including phenoxy) is 1. The molecule has 116 valence electrons. The summed E-state index contributed by atoms with van der Waals surface area (Å²) in [6, 6.07) is 4.78. The van der Waals surface area contributed by atoms with Crippen LogP contribution in [0.3, 0.4) is 0 Å². The molecule has 22 heavy (non-hydrogen) atoms. The molecule has 0 bridgehead atoms. The lowest BCUT2D eigenvalue weighted by Crippen LogP contribution is -2.19. The number of hydrogen-bond acceptors (Lipinski definition) is 2. The van der Waals surface area contributed by atoms with Crippen molar-refractivity contribution in [3.63, 3.8) is 0 Å². The monoisotopic (exact) mass is 308 g/mol. The summed E-state index contributed by atoms with van der Waals surface area (Å²) in [5, 5.41) is 9.87. The van der Waals surface area contributed by atoms with Crippen LogP contribution >= 0.6 is 0 Å². The van der Waals surface area contributed by atoms with E-state index in [0.717, 1.165) is 31.0 Å². The molecule has 1 aliphatic rings. The summed E-state index contributed by atoms with van der Waals surface area (Å²) in [5.74, 6) is -1.36. The van der Waals surface area contributed by atoms with Crippen molar-refractivity contribution in [2.75, 3.05) is 0 Å². The third-order valence-corrected chi connectivity index (χ3v) is 4.26. The second-order valence-corrected chi connectivity index (χ2v) is 5.42. The van der Waals surface area contributed by atoms with Gasteiger partial charge in [-0.25, -0.2) is 4.39 Å². The van der Waals surface area contributed by atoms with Gasteiger partial charge in [0.25, 0.3) is 0 Å². The lowest BCUT2D eigenvalue weighted by atomic mass is 9.92. The van der Waals surface area contributed by atoms with E-state index in [1.807, 2.05) is 11.5 Å². The van der Waals surface area contributed by atoms with Crippen LogP contribution in [0.5, 0.6) is 5.75 Å². The molecule has 6 heteroatoms. The fourth-order valence-electron chi connectivity index (χ4n) is 3.08. The van der Waals surface area contributed by atoms with E-state index in [1.54, 1.807) is 0 Å². The smallest absolute Gasteiger partial charge is 0.387 e. The highest BCUT2D eigenvalue weighted by molar-refractivity contribution is 5.89. The first kappa shape index (κ1) is 14.8. The Balaban J connectivity index is 2.27. The zero-order valence-electron chi connectivity index (χ0n) is 12.1. The molecular weight excluding hydrogens is 293 g/mol. The number of rotatable bonds is 4. The van der Waals surface area contributed by atoms with E-state index in [4.69, 9.17) is 0 Å². The van der Waals surface area contributed by atoms with Gasteiger partial charge in [0.15, 0.2) is 11.6 Å². The Labute approximate surface area is 125 Å². The molecule has 0 N–H and O–H groups in total. The van der Waals surface area contributed by atoms with Crippen LogP contribution in [0.4, 0.5) is 13.2 Å². The number of nitrogens with zero attached hydrogens (tertiary/aromatic N) is 2. The van der Waals surface area contributed by atoms with Crippen molar-refractivity contribution in [2.24, 2.45) is 0 Å². The van der Waals surface area contributed by atoms with Gasteiger partial charge in [0.2, 0.25) is 0 Å². The van der Waals surface area contributed by atoms with Crippen molar-refractivity contribution >= 4 is 10.9 Å². The molecule has 0 radical (unpaired) electrons. The highest BCUT2D eigenvalue weighted by Gasteiger charge is 2.27. The first-order chi connectivity index (χ1) is 10.6. The van der Waals surface area contributed by atoms with E-state index in [-0.39, 0.29) is 6.04 Å². The Morgan fingerprint density at radius 2 is 2.14 bits per heavy atom. The Hall–Kier alpha value is -2.16. The number of benzene rings is 1. The van der Waals surface area contributed by atoms with Gasteiger partial charge >= 0.3 is 6.61 Å². The molecule has 3 rings (SSSR count). The molecule has 1 fully saturated rings. The first-order valence-corrected chi connectivity index (χ1v) is 7.28. The van der Waals surface area contributed by atoms with E-state index < -0.39 is 18.2 Å². The number of alkyl halides is 2. The highest BCUT2D eigenvalue weighted by atomic mass is 19.3. The van der Waals surface area contributed by atoms with Crippen LogP contribution in [0.25, 0.3) is 10.9 Å². The molecule has 1 aliphatic carbocycles. The van der Waals surface area contributed by atoms with E-state index in [1.165, 1.54) is 6.07 Å². The minimum absolute atomic E-state index is 0.240. The van der Waals surface area contributed by atoms with E-state index in [9.17, 15) is 18.4 Å². The molecule has 0 saturated heterocycles. The lowest BCUT2D eigenvalue weighted by molar-refractivity contribution is -0.0520. The molecule has 1 aromatic carbocycles. The maximum absolute atomic E-state index is 14.0. The second kappa shape index (κ2) is 5.56. The molecule has 1 heterocycles. The fraction of sp³-hybridized carbons (Fsp3) is 0.438. The second-order valence-electron chi connectivity index (χ2n) is 5.42. The third kappa shape index (κ3) is 2.21. The molecule has 0 aliphatic heterocycles. The van der Waals surface area contributed by atoms with Gasteiger partial charge in [-0.2, -0.15) is 14.0 Å². The standard InChI is InChI=1S/C16H15F3N2O/c1-2-13-11(8-20)10-6-12(17)15(22-16(18)19)7-14(10)21(13)9-4-3-5-9/h6-7,9,16H,2-5H2,1H3. The zero-order chi connectivity index (χ0) is 15.9. The van der Waals surface area contributed by atoms with Crippen LogP contribution in [0.15, 0.2) is 12.1 Å². The van der Waals surface area contributed by atoms with Crippen molar-refractivity contribution in [3.8, 4) is 11.8 Å². The third-order valence-electron chi connectivity index (χ3n) is 4.26. The molecular formula is C16H15F3N2O. The van der Waals surface area contributed by atoms with Gasteiger partial charge in [-0.15, -0.1) is 0 Å². The molecule has 0 spiro atoms. The molecule has 2 aromatic rings. The first-order valence-electron chi connectivity index (χ1n) is 7.28. The van der Waals surface area contributed by atoms with Gasteiger partial charge in [0.1, 0.15) is 6.07 Å². The lowest BCUT2D eigenvalue weighted by Gasteiger charge is -2.30. The van der Waals surface area contributed by atoms with E-state index >= 15 is 0 Å². The predicted octanol–water partition coefficient (Wildman–Crippen LogP) is 4.54. The highest BCUT2D eigenvalue weighted by Crippen LogP contribution is 2.40. The summed E-state index contributed by atoms with van der Waals surface area (Å²) in [7, 11) is 0. The van der Waals surface area contributed by atoms with Crippen molar-refractivity contribution in [3.05, 3.63) is 29.2 Å². The number of halogens is 3. The Bertz CT molecular complexity index is 757. The molecule has 3 nitrogen and oxygen atoms in total. The minimum atomic E-state index is -3.08. The summed E-state index contributed by atoms with van der Waals surface area (Å²) in [6.45, 7) is -1.16. The van der Waals surface area contributed by atoms with Crippen molar-refractivity contribution in [2.45, 2.75) is 45.3 Å². The normalized spacial score (nSPS) is 15.1. The summed E-state index contributed by atoms with van der Waals surface area (Å²) in [5.41, 5.74) is 1.85. The molecule has 0 atom stereocenters. The molecule has 0 unspecified atom stereocenters. The van der Waals surface area contributed by atoms with Crippen LogP contribution in [0.2, 0.25) is 0 Å². The van der Waals surface area contributed by atoms with Crippen LogP contribution in [0, 0.1) is 17.1 Å². The van der Waals surface area contributed by atoms with Crippen LogP contribution in [-0.4, -0.2) is 11.2 Å². The Kier molecular flexibility index (Phi) is 3.73. The molecule has 0 amide bonds. The van der Waals surface area contributed by atoms with Crippen LogP contribution in [-0.2, 0) is 6.42 Å². The van der Waals surface area contributed by atoms with Crippen molar-refractivity contribution in [1.29, 1.82) is 5.26 Å². The minimum Gasteiger partial charge on any atom is -0.432 e. The SMILES string of the molecule is CCc1c(C#N)c2cc(F)c(OC(F)F)cc2n1C1CCC1. The van der Waals surface area contributed by atoms with Gasteiger partial charge in [0.05, 0.1) is 11.1 Å². The quantitative estimate of drug-likeness (QED) is 0.831. The predicted molar refractivity (Wildman–Crippen MR) is 75.5 cm³/mol. The summed E-state index contributed by atoms with van der Waals surface area (Å²) < 4.78 is 45.0. The fourth-order valence-corrected chi connectivity index (χ4v) is 3.08. The molecule has 1 aromatic heterocycles. The number of aromatic nitrogens is 1. The summed E-state index contributed by atoms with van der Waals surface area (Å²) in [4.78, 5) is 0. The maximum Gasteiger partial charge on any atom is 0.387 e. The average molecular weight is 308 g/mol. The van der Waals surface area contributed by atoms with Crippen molar-refractivity contribution < 1.29 is 17.9 Å². The van der Waals surface area contributed by atoms with E-state index in [0.29, 0.717) is 22.9 Å². The van der Waals surface area contributed by atoms with Gasteiger partial charge in [-0.3, -0.25) is 0 Å². The average Bonchev–Trinajstić information content (AvgIpc) is 2.70.